The van der Waals surface area contributed by atoms with Gasteiger partial charge in [-0.25, -0.2) is 0 Å². The summed E-state index contributed by atoms with van der Waals surface area (Å²) < 4.78 is 0. The fraction of sp³-hybridized carbons (Fsp3) is 0.200. The molecular formula is C25H23N. The van der Waals surface area contributed by atoms with Gasteiger partial charge >= 0.3 is 0 Å². The van der Waals surface area contributed by atoms with Crippen molar-refractivity contribution < 1.29 is 0 Å². The maximum Gasteiger partial charge on any atom is 0.0398 e. The molecule has 1 N–H and O–H groups in total. The zero-order valence-electron chi connectivity index (χ0n) is 15.0. The molecule has 26 heavy (non-hydrogen) atoms. The summed E-state index contributed by atoms with van der Waals surface area (Å²) >= 11 is 0. The molecule has 1 heteroatoms. The Balaban J connectivity index is 1.64. The van der Waals surface area contributed by atoms with Crippen molar-refractivity contribution >= 4 is 11.8 Å². The number of hydrogen-bond acceptors (Lipinski definition) is 1. The highest BCUT2D eigenvalue weighted by Crippen LogP contribution is 2.20. The molecule has 0 radical (unpaired) electrons. The Morgan fingerprint density at radius 1 is 0.692 bits per heavy atom. The summed E-state index contributed by atoms with van der Waals surface area (Å²) in [6, 6.07) is 24.2. The van der Waals surface area contributed by atoms with Crippen LogP contribution < -0.4 is 15.8 Å². The third-order valence-electron chi connectivity index (χ3n) is 5.74. The summed E-state index contributed by atoms with van der Waals surface area (Å²) in [6.45, 7) is 0.904. The molecule has 0 aromatic heterocycles. The molecule has 0 saturated heterocycles. The second-order valence-electron chi connectivity index (χ2n) is 7.28. The van der Waals surface area contributed by atoms with E-state index in [2.05, 4.69) is 78.1 Å². The predicted molar refractivity (Wildman–Crippen MR) is 108 cm³/mol. The zero-order chi connectivity index (χ0) is 17.3. The van der Waals surface area contributed by atoms with Crippen molar-refractivity contribution in [1.82, 2.24) is 5.32 Å². The quantitative estimate of drug-likeness (QED) is 0.771. The highest BCUT2D eigenvalue weighted by molar-refractivity contribution is 5.53. The lowest BCUT2D eigenvalue weighted by molar-refractivity contribution is 0.745. The van der Waals surface area contributed by atoms with Gasteiger partial charge in [0.05, 0.1) is 0 Å². The van der Waals surface area contributed by atoms with E-state index in [0.717, 1.165) is 19.4 Å². The van der Waals surface area contributed by atoms with Gasteiger partial charge in [-0.3, -0.25) is 0 Å². The van der Waals surface area contributed by atoms with Crippen molar-refractivity contribution in [2.45, 2.75) is 32.2 Å². The fourth-order valence-corrected chi connectivity index (χ4v) is 4.44. The molecule has 0 heterocycles. The minimum Gasteiger partial charge on any atom is -0.384 e. The molecule has 128 valence electrons. The Morgan fingerprint density at radius 3 is 2.42 bits per heavy atom. The number of hydrogen-bond donors (Lipinski definition) is 1. The van der Waals surface area contributed by atoms with Crippen LogP contribution in [-0.2, 0) is 19.4 Å². The lowest BCUT2D eigenvalue weighted by Gasteiger charge is -2.21. The van der Waals surface area contributed by atoms with E-state index in [9.17, 15) is 0 Å². The van der Waals surface area contributed by atoms with Crippen molar-refractivity contribution in [2.75, 3.05) is 0 Å². The zero-order valence-corrected chi connectivity index (χ0v) is 15.0. The summed E-state index contributed by atoms with van der Waals surface area (Å²) in [5.41, 5.74) is 5.86. The Morgan fingerprint density at radius 2 is 1.50 bits per heavy atom. The van der Waals surface area contributed by atoms with Gasteiger partial charge in [-0.05, 0) is 63.2 Å². The second-order valence-corrected chi connectivity index (χ2v) is 7.28. The van der Waals surface area contributed by atoms with Crippen molar-refractivity contribution in [2.24, 2.45) is 0 Å². The number of nitrogens with one attached hydrogen (secondary N) is 1. The van der Waals surface area contributed by atoms with E-state index in [4.69, 9.17) is 0 Å². The molecule has 2 aliphatic carbocycles. The van der Waals surface area contributed by atoms with E-state index >= 15 is 0 Å². The summed E-state index contributed by atoms with van der Waals surface area (Å²) in [5.74, 6) is 0. The number of fused-ring (bicyclic) bond motifs is 4. The van der Waals surface area contributed by atoms with Crippen LogP contribution in [-0.4, -0.2) is 0 Å². The van der Waals surface area contributed by atoms with Crippen LogP contribution in [0, 0.1) is 10.4 Å². The first-order valence-electron chi connectivity index (χ1n) is 9.61. The highest BCUT2D eigenvalue weighted by Gasteiger charge is 2.15. The topological polar surface area (TPSA) is 12.0 Å². The maximum absolute atomic E-state index is 3.73. The summed E-state index contributed by atoms with van der Waals surface area (Å²) in [5, 5.41) is 9.37. The van der Waals surface area contributed by atoms with E-state index in [1.165, 1.54) is 45.0 Å². The van der Waals surface area contributed by atoms with Crippen LogP contribution in [0.4, 0.5) is 0 Å². The van der Waals surface area contributed by atoms with Crippen LogP contribution in [0.3, 0.4) is 0 Å². The van der Waals surface area contributed by atoms with Gasteiger partial charge < -0.3 is 5.32 Å². The van der Waals surface area contributed by atoms with Crippen LogP contribution >= 0.6 is 0 Å². The van der Waals surface area contributed by atoms with Gasteiger partial charge in [-0.15, -0.1) is 0 Å². The molecule has 3 aromatic carbocycles. The van der Waals surface area contributed by atoms with Gasteiger partial charge in [0.15, 0.2) is 0 Å². The minimum atomic E-state index is 0.904. The Labute approximate surface area is 154 Å². The van der Waals surface area contributed by atoms with Crippen molar-refractivity contribution in [3.8, 4) is 0 Å². The normalized spacial score (nSPS) is 14.7. The van der Waals surface area contributed by atoms with Gasteiger partial charge in [-0.1, -0.05) is 72.8 Å². The summed E-state index contributed by atoms with van der Waals surface area (Å²) in [4.78, 5) is 0. The third kappa shape index (κ3) is 2.64. The molecule has 3 aromatic rings. The van der Waals surface area contributed by atoms with Gasteiger partial charge in [0.2, 0.25) is 0 Å². The lowest BCUT2D eigenvalue weighted by atomic mass is 9.87. The van der Waals surface area contributed by atoms with Crippen molar-refractivity contribution in [3.05, 3.63) is 104 Å². The maximum atomic E-state index is 3.73. The second kappa shape index (κ2) is 6.49. The molecule has 0 saturated carbocycles. The lowest BCUT2D eigenvalue weighted by Crippen LogP contribution is -2.28. The molecule has 2 aliphatic rings. The van der Waals surface area contributed by atoms with Crippen LogP contribution in [0.1, 0.15) is 29.5 Å². The SMILES string of the molecule is C1=c2ccccc2=c2ccc3c(c2C1)CCCC=3NCc1ccccc1. The molecule has 0 fully saturated rings. The Hall–Kier alpha value is -2.80. The summed E-state index contributed by atoms with van der Waals surface area (Å²) in [6.07, 6.45) is 7.04. The number of benzene rings is 3. The first-order chi connectivity index (χ1) is 12.9. The molecule has 0 amide bonds. The smallest absolute Gasteiger partial charge is 0.0398 e. The van der Waals surface area contributed by atoms with Gasteiger partial charge in [0, 0.05) is 12.2 Å². The molecular weight excluding hydrogens is 314 g/mol. The highest BCUT2D eigenvalue weighted by atomic mass is 14.9. The Kier molecular flexibility index (Phi) is 3.86. The van der Waals surface area contributed by atoms with Gasteiger partial charge in [0.1, 0.15) is 0 Å². The average molecular weight is 337 g/mol. The van der Waals surface area contributed by atoms with E-state index in [0.29, 0.717) is 0 Å². The first-order valence-corrected chi connectivity index (χ1v) is 9.61. The molecule has 0 atom stereocenters. The fourth-order valence-electron chi connectivity index (χ4n) is 4.44. The molecule has 0 spiro atoms. The van der Waals surface area contributed by atoms with Gasteiger partial charge in [-0.2, -0.15) is 0 Å². The van der Waals surface area contributed by atoms with Crippen LogP contribution in [0.15, 0.2) is 66.7 Å². The number of rotatable bonds is 3. The standard InChI is InChI=1S/C25H23N/c1-2-7-18(8-3-1)17-26-25-12-6-11-21-23-14-13-19-9-4-5-10-20(19)22(23)15-16-24(21)25/h1-5,7-10,13,15-16,26H,6,11-12,14,17H2. The summed E-state index contributed by atoms with van der Waals surface area (Å²) in [7, 11) is 0. The molecule has 1 nitrogen and oxygen atoms in total. The third-order valence-corrected chi connectivity index (χ3v) is 5.74. The average Bonchev–Trinajstić information content (AvgIpc) is 2.72. The minimum absolute atomic E-state index is 0.904. The van der Waals surface area contributed by atoms with E-state index in [-0.39, 0.29) is 0 Å². The van der Waals surface area contributed by atoms with Crippen LogP contribution in [0.25, 0.3) is 11.8 Å². The predicted octanol–water partition coefficient (Wildman–Crippen LogP) is 3.54. The van der Waals surface area contributed by atoms with E-state index in [1.54, 1.807) is 11.1 Å². The van der Waals surface area contributed by atoms with Crippen molar-refractivity contribution in [1.29, 1.82) is 0 Å². The van der Waals surface area contributed by atoms with E-state index in [1.807, 2.05) is 0 Å². The first kappa shape index (κ1) is 15.5. The van der Waals surface area contributed by atoms with Crippen molar-refractivity contribution in [3.63, 3.8) is 0 Å². The molecule has 0 aliphatic heterocycles. The Bertz CT molecular complexity index is 1170. The van der Waals surface area contributed by atoms with E-state index < -0.39 is 0 Å². The monoisotopic (exact) mass is 337 g/mol. The largest absolute Gasteiger partial charge is 0.384 e. The molecule has 5 rings (SSSR count). The molecule has 0 unspecified atom stereocenters. The van der Waals surface area contributed by atoms with Crippen LogP contribution in [0.2, 0.25) is 0 Å². The van der Waals surface area contributed by atoms with Gasteiger partial charge in [0.25, 0.3) is 0 Å². The molecule has 0 bridgehead atoms. The van der Waals surface area contributed by atoms with Crippen LogP contribution in [0.5, 0.6) is 0 Å².